The van der Waals surface area contributed by atoms with Gasteiger partial charge in [0, 0.05) is 26.7 Å². The number of hydrogen-bond donors (Lipinski definition) is 2. The minimum absolute atomic E-state index is 0.107. The van der Waals surface area contributed by atoms with Crippen LogP contribution in [-0.4, -0.2) is 19.6 Å². The zero-order valence-corrected chi connectivity index (χ0v) is 16.9. The lowest BCUT2D eigenvalue weighted by molar-refractivity contribution is -0.116. The SMILES string of the molecule is Cc1cc(NS(=O)(=O)c2ccc3c(c2)NC(=O)C[C@@H](C)S3)ccc1Br. The van der Waals surface area contributed by atoms with Crippen molar-refractivity contribution in [2.75, 3.05) is 10.0 Å². The second kappa shape index (κ2) is 7.01. The topological polar surface area (TPSA) is 75.3 Å². The van der Waals surface area contributed by atoms with Crippen molar-refractivity contribution in [2.24, 2.45) is 0 Å². The number of carbonyl (C=O) groups excluding carboxylic acids is 1. The molecule has 3 rings (SSSR count). The molecule has 0 aromatic heterocycles. The first-order valence-corrected chi connectivity index (χ1v) is 10.8. The average molecular weight is 441 g/mol. The van der Waals surface area contributed by atoms with Crippen LogP contribution >= 0.6 is 27.7 Å². The summed E-state index contributed by atoms with van der Waals surface area (Å²) in [5, 5.41) is 2.93. The van der Waals surface area contributed by atoms with Crippen LogP contribution in [0.4, 0.5) is 11.4 Å². The van der Waals surface area contributed by atoms with E-state index in [-0.39, 0.29) is 16.1 Å². The van der Waals surface area contributed by atoms with Crippen LogP contribution in [-0.2, 0) is 14.8 Å². The van der Waals surface area contributed by atoms with E-state index in [0.717, 1.165) is 14.9 Å². The number of sulfonamides is 1. The van der Waals surface area contributed by atoms with Gasteiger partial charge in [0.25, 0.3) is 10.0 Å². The highest BCUT2D eigenvalue weighted by Gasteiger charge is 2.22. The van der Waals surface area contributed by atoms with Crippen molar-refractivity contribution in [2.45, 2.75) is 35.3 Å². The van der Waals surface area contributed by atoms with E-state index in [1.807, 2.05) is 13.8 Å². The number of thioether (sulfide) groups is 1. The quantitative estimate of drug-likeness (QED) is 0.742. The third-order valence-electron chi connectivity index (χ3n) is 3.75. The van der Waals surface area contributed by atoms with Gasteiger partial charge in [-0.25, -0.2) is 8.42 Å². The Labute approximate surface area is 159 Å². The molecule has 25 heavy (non-hydrogen) atoms. The molecule has 0 saturated heterocycles. The molecule has 1 aliphatic rings. The van der Waals surface area contributed by atoms with Gasteiger partial charge < -0.3 is 5.32 Å². The van der Waals surface area contributed by atoms with Crippen molar-refractivity contribution in [1.29, 1.82) is 0 Å². The fourth-order valence-electron chi connectivity index (χ4n) is 2.52. The lowest BCUT2D eigenvalue weighted by Gasteiger charge is -2.12. The second-order valence-electron chi connectivity index (χ2n) is 5.91. The summed E-state index contributed by atoms with van der Waals surface area (Å²) in [7, 11) is -3.75. The monoisotopic (exact) mass is 440 g/mol. The maximum absolute atomic E-state index is 12.7. The summed E-state index contributed by atoms with van der Waals surface area (Å²) in [5.74, 6) is -0.107. The summed E-state index contributed by atoms with van der Waals surface area (Å²) in [5.41, 5.74) is 1.96. The van der Waals surface area contributed by atoms with E-state index >= 15 is 0 Å². The van der Waals surface area contributed by atoms with Gasteiger partial charge in [0.1, 0.15) is 0 Å². The number of benzene rings is 2. The van der Waals surface area contributed by atoms with Gasteiger partial charge in [-0.3, -0.25) is 9.52 Å². The number of aryl methyl sites for hydroxylation is 1. The smallest absolute Gasteiger partial charge is 0.261 e. The Bertz CT molecular complexity index is 945. The lowest BCUT2D eigenvalue weighted by Crippen LogP contribution is -2.15. The van der Waals surface area contributed by atoms with Gasteiger partial charge in [0.05, 0.1) is 10.6 Å². The molecule has 0 fully saturated rings. The Kier molecular flexibility index (Phi) is 5.13. The van der Waals surface area contributed by atoms with Crippen molar-refractivity contribution < 1.29 is 13.2 Å². The molecule has 0 saturated carbocycles. The molecule has 1 amide bonds. The van der Waals surface area contributed by atoms with Gasteiger partial charge in [0.2, 0.25) is 5.91 Å². The standard InChI is InChI=1S/C17H17BrN2O3S2/c1-10-7-12(3-5-14(10)18)20-25(22,23)13-4-6-16-15(9-13)19-17(21)8-11(2)24-16/h3-7,9,11,20H,8H2,1-2H3,(H,19,21)/t11-/m1/s1. The maximum Gasteiger partial charge on any atom is 0.261 e. The molecule has 1 atom stereocenters. The Morgan fingerprint density at radius 3 is 2.72 bits per heavy atom. The summed E-state index contributed by atoms with van der Waals surface area (Å²) >= 11 is 4.95. The minimum Gasteiger partial charge on any atom is -0.325 e. The predicted octanol–water partition coefficient (Wildman–Crippen LogP) is 4.38. The predicted molar refractivity (Wildman–Crippen MR) is 105 cm³/mol. The van der Waals surface area contributed by atoms with E-state index in [1.165, 1.54) is 6.07 Å². The summed E-state index contributed by atoms with van der Waals surface area (Å²) in [6, 6.07) is 10.0. The number of fused-ring (bicyclic) bond motifs is 1. The molecular formula is C17H17BrN2O3S2. The summed E-state index contributed by atoms with van der Waals surface area (Å²) in [6.45, 7) is 3.86. The molecule has 0 aliphatic carbocycles. The summed E-state index contributed by atoms with van der Waals surface area (Å²) in [6.07, 6.45) is 0.401. The summed E-state index contributed by atoms with van der Waals surface area (Å²) in [4.78, 5) is 12.9. The van der Waals surface area contributed by atoms with Crippen LogP contribution in [0, 0.1) is 6.92 Å². The van der Waals surface area contributed by atoms with Crippen LogP contribution in [0.15, 0.2) is 50.7 Å². The van der Waals surface area contributed by atoms with Crippen molar-refractivity contribution in [1.82, 2.24) is 0 Å². The molecule has 1 heterocycles. The highest BCUT2D eigenvalue weighted by atomic mass is 79.9. The Balaban J connectivity index is 1.92. The molecule has 5 nitrogen and oxygen atoms in total. The third kappa shape index (κ3) is 4.19. The van der Waals surface area contributed by atoms with Crippen molar-refractivity contribution in [3.63, 3.8) is 0 Å². The molecule has 1 aliphatic heterocycles. The fraction of sp³-hybridized carbons (Fsp3) is 0.235. The van der Waals surface area contributed by atoms with Crippen molar-refractivity contribution in [3.05, 3.63) is 46.4 Å². The van der Waals surface area contributed by atoms with Gasteiger partial charge in [-0.05, 0) is 48.9 Å². The van der Waals surface area contributed by atoms with Gasteiger partial charge >= 0.3 is 0 Å². The van der Waals surface area contributed by atoms with Crippen LogP contribution in [0.25, 0.3) is 0 Å². The van der Waals surface area contributed by atoms with E-state index in [4.69, 9.17) is 0 Å². The highest BCUT2D eigenvalue weighted by molar-refractivity contribution is 9.10. The fourth-order valence-corrected chi connectivity index (χ4v) is 4.89. The molecule has 0 spiro atoms. The number of amides is 1. The molecule has 2 N–H and O–H groups in total. The second-order valence-corrected chi connectivity index (χ2v) is 9.93. The van der Waals surface area contributed by atoms with Crippen LogP contribution in [0.3, 0.4) is 0 Å². The van der Waals surface area contributed by atoms with E-state index < -0.39 is 10.0 Å². The number of hydrogen-bond acceptors (Lipinski definition) is 4. The number of rotatable bonds is 3. The molecule has 2 aromatic rings. The maximum atomic E-state index is 12.7. The van der Waals surface area contributed by atoms with Crippen LogP contribution in [0.5, 0.6) is 0 Å². The van der Waals surface area contributed by atoms with Gasteiger partial charge in [-0.1, -0.05) is 22.9 Å². The average Bonchev–Trinajstić information content (AvgIpc) is 2.66. The number of carbonyl (C=O) groups is 1. The molecule has 0 unspecified atom stereocenters. The number of nitrogens with one attached hydrogen (secondary N) is 2. The molecule has 8 heteroatoms. The highest BCUT2D eigenvalue weighted by Crippen LogP contribution is 2.36. The first-order valence-electron chi connectivity index (χ1n) is 7.64. The third-order valence-corrected chi connectivity index (χ3v) is 7.19. The first kappa shape index (κ1) is 18.3. The lowest BCUT2D eigenvalue weighted by atomic mass is 10.2. The van der Waals surface area contributed by atoms with Crippen molar-refractivity contribution in [3.8, 4) is 0 Å². The van der Waals surface area contributed by atoms with E-state index in [0.29, 0.717) is 17.8 Å². The zero-order valence-electron chi connectivity index (χ0n) is 13.7. The Morgan fingerprint density at radius 1 is 1.24 bits per heavy atom. The van der Waals surface area contributed by atoms with Gasteiger partial charge in [0.15, 0.2) is 0 Å². The molecule has 132 valence electrons. The molecule has 0 radical (unpaired) electrons. The molecular weight excluding hydrogens is 424 g/mol. The molecule has 0 bridgehead atoms. The van der Waals surface area contributed by atoms with Gasteiger partial charge in [-0.15, -0.1) is 11.8 Å². The summed E-state index contributed by atoms with van der Waals surface area (Å²) < 4.78 is 28.8. The Hall–Kier alpha value is -1.51. The van der Waals surface area contributed by atoms with Crippen molar-refractivity contribution >= 4 is 55.0 Å². The van der Waals surface area contributed by atoms with E-state index in [9.17, 15) is 13.2 Å². The number of anilines is 2. The first-order chi connectivity index (χ1) is 11.7. The largest absolute Gasteiger partial charge is 0.325 e. The normalized spacial score (nSPS) is 17.4. The molecule has 2 aromatic carbocycles. The van der Waals surface area contributed by atoms with Gasteiger partial charge in [-0.2, -0.15) is 0 Å². The van der Waals surface area contributed by atoms with E-state index in [2.05, 4.69) is 26.0 Å². The van der Waals surface area contributed by atoms with Crippen LogP contribution in [0.2, 0.25) is 0 Å². The number of halogens is 1. The minimum atomic E-state index is -3.75. The van der Waals surface area contributed by atoms with Crippen LogP contribution < -0.4 is 10.0 Å². The van der Waals surface area contributed by atoms with Crippen LogP contribution in [0.1, 0.15) is 18.9 Å². The zero-order chi connectivity index (χ0) is 18.2. The van der Waals surface area contributed by atoms with E-state index in [1.54, 1.807) is 42.1 Å². The Morgan fingerprint density at radius 2 is 2.00 bits per heavy atom.